The fraction of sp³-hybridized carbons (Fsp3) is 0.400. The molecule has 1 fully saturated rings. The number of benzene rings is 1. The summed E-state index contributed by atoms with van der Waals surface area (Å²) in [5.74, 6) is 0. The van der Waals surface area contributed by atoms with Crippen LogP contribution in [0.25, 0.3) is 0 Å². The molecule has 0 spiro atoms. The molecule has 0 amide bonds. The minimum Gasteiger partial charge on any atom is -0.379 e. The van der Waals surface area contributed by atoms with Gasteiger partial charge in [-0.2, -0.15) is 0 Å². The summed E-state index contributed by atoms with van der Waals surface area (Å²) in [4.78, 5) is 1.27. The quantitative estimate of drug-likeness (QED) is 0.919. The highest BCUT2D eigenvalue weighted by Crippen LogP contribution is 2.33. The number of ether oxygens (including phenoxy) is 1. The molecule has 0 aromatic heterocycles. The highest BCUT2D eigenvalue weighted by atomic mass is 79.9. The summed E-state index contributed by atoms with van der Waals surface area (Å²) in [7, 11) is 0. The first-order valence-corrected chi connectivity index (χ1v) is 6.20. The van der Waals surface area contributed by atoms with Gasteiger partial charge < -0.3 is 10.5 Å². The molecule has 1 aliphatic rings. The number of hydrogen-bond donors (Lipinski definition) is 1. The fourth-order valence-electron chi connectivity index (χ4n) is 1.23. The van der Waals surface area contributed by atoms with Gasteiger partial charge in [0.2, 0.25) is 0 Å². The SMILES string of the molecule is NCc1ccc(SC2COC2)c(Br)c1. The van der Waals surface area contributed by atoms with Crippen LogP contribution in [0.3, 0.4) is 0 Å². The van der Waals surface area contributed by atoms with Gasteiger partial charge in [0.25, 0.3) is 0 Å². The molecule has 1 heterocycles. The van der Waals surface area contributed by atoms with Gasteiger partial charge in [-0.25, -0.2) is 0 Å². The van der Waals surface area contributed by atoms with Crippen LogP contribution in [0.2, 0.25) is 0 Å². The summed E-state index contributed by atoms with van der Waals surface area (Å²) >= 11 is 5.42. The molecule has 0 bridgehead atoms. The van der Waals surface area contributed by atoms with Crippen LogP contribution in [-0.4, -0.2) is 18.5 Å². The second kappa shape index (κ2) is 4.66. The maximum atomic E-state index is 5.56. The lowest BCUT2D eigenvalue weighted by Gasteiger charge is -2.25. The lowest BCUT2D eigenvalue weighted by atomic mass is 10.2. The van der Waals surface area contributed by atoms with Crippen molar-refractivity contribution >= 4 is 27.7 Å². The van der Waals surface area contributed by atoms with Crippen LogP contribution in [0.4, 0.5) is 0 Å². The summed E-state index contributed by atoms with van der Waals surface area (Å²) in [5.41, 5.74) is 6.72. The number of thioether (sulfide) groups is 1. The molecule has 2 N–H and O–H groups in total. The van der Waals surface area contributed by atoms with E-state index in [4.69, 9.17) is 10.5 Å². The van der Waals surface area contributed by atoms with E-state index in [1.807, 2.05) is 11.8 Å². The molecular formula is C10H12BrNOS. The van der Waals surface area contributed by atoms with Crippen molar-refractivity contribution in [3.05, 3.63) is 28.2 Å². The zero-order valence-corrected chi connectivity index (χ0v) is 10.1. The van der Waals surface area contributed by atoms with Crippen LogP contribution in [-0.2, 0) is 11.3 Å². The highest BCUT2D eigenvalue weighted by molar-refractivity contribution is 9.10. The normalized spacial score (nSPS) is 16.7. The molecule has 1 aromatic carbocycles. The summed E-state index contributed by atoms with van der Waals surface area (Å²) in [6.45, 7) is 2.33. The molecular weight excluding hydrogens is 262 g/mol. The average Bonchev–Trinajstić information content (AvgIpc) is 2.13. The van der Waals surface area contributed by atoms with Crippen molar-refractivity contribution in [3.63, 3.8) is 0 Å². The lowest BCUT2D eigenvalue weighted by molar-refractivity contribution is 0.0455. The molecule has 0 atom stereocenters. The first-order chi connectivity index (χ1) is 6.79. The Morgan fingerprint density at radius 3 is 2.79 bits per heavy atom. The third kappa shape index (κ3) is 2.31. The number of rotatable bonds is 3. The maximum absolute atomic E-state index is 5.56. The molecule has 4 heteroatoms. The Morgan fingerprint density at radius 1 is 1.50 bits per heavy atom. The van der Waals surface area contributed by atoms with Gasteiger partial charge >= 0.3 is 0 Å². The highest BCUT2D eigenvalue weighted by Gasteiger charge is 2.20. The van der Waals surface area contributed by atoms with Gasteiger partial charge in [0, 0.05) is 15.9 Å². The van der Waals surface area contributed by atoms with Gasteiger partial charge in [0.1, 0.15) is 0 Å². The van der Waals surface area contributed by atoms with E-state index in [0.717, 1.165) is 23.2 Å². The molecule has 0 saturated carbocycles. The number of nitrogens with two attached hydrogens (primary N) is 1. The number of hydrogen-bond acceptors (Lipinski definition) is 3. The Morgan fingerprint density at radius 2 is 2.29 bits per heavy atom. The molecule has 0 unspecified atom stereocenters. The predicted molar refractivity (Wildman–Crippen MR) is 62.5 cm³/mol. The third-order valence-corrected chi connectivity index (χ3v) is 4.27. The van der Waals surface area contributed by atoms with Gasteiger partial charge in [0.05, 0.1) is 18.5 Å². The minimum atomic E-state index is 0.593. The van der Waals surface area contributed by atoms with Crippen molar-refractivity contribution in [2.24, 2.45) is 5.73 Å². The first-order valence-electron chi connectivity index (χ1n) is 4.52. The smallest absolute Gasteiger partial charge is 0.0611 e. The van der Waals surface area contributed by atoms with Crippen LogP contribution < -0.4 is 5.73 Å². The van der Waals surface area contributed by atoms with Gasteiger partial charge in [-0.15, -0.1) is 11.8 Å². The van der Waals surface area contributed by atoms with Crippen molar-refractivity contribution in [2.45, 2.75) is 16.7 Å². The Kier molecular flexibility index (Phi) is 3.49. The molecule has 2 rings (SSSR count). The van der Waals surface area contributed by atoms with E-state index in [0.29, 0.717) is 11.8 Å². The Labute approximate surface area is 96.3 Å². The zero-order valence-electron chi connectivity index (χ0n) is 7.70. The molecule has 0 radical (unpaired) electrons. The van der Waals surface area contributed by atoms with E-state index in [-0.39, 0.29) is 0 Å². The molecule has 1 aliphatic heterocycles. The predicted octanol–water partition coefficient (Wildman–Crippen LogP) is 2.40. The molecule has 1 saturated heterocycles. The van der Waals surface area contributed by atoms with Gasteiger partial charge in [-0.3, -0.25) is 0 Å². The average molecular weight is 274 g/mol. The van der Waals surface area contributed by atoms with E-state index in [1.165, 1.54) is 4.90 Å². The minimum absolute atomic E-state index is 0.593. The largest absolute Gasteiger partial charge is 0.379 e. The summed E-state index contributed by atoms with van der Waals surface area (Å²) in [6, 6.07) is 6.28. The zero-order chi connectivity index (χ0) is 9.97. The van der Waals surface area contributed by atoms with Crippen LogP contribution in [0.15, 0.2) is 27.6 Å². The van der Waals surface area contributed by atoms with E-state index in [1.54, 1.807) is 0 Å². The third-order valence-electron chi connectivity index (χ3n) is 2.13. The second-order valence-electron chi connectivity index (χ2n) is 3.25. The number of halogens is 1. The van der Waals surface area contributed by atoms with Crippen LogP contribution >= 0.6 is 27.7 Å². The molecule has 0 aliphatic carbocycles. The topological polar surface area (TPSA) is 35.2 Å². The first kappa shape index (κ1) is 10.5. The summed E-state index contributed by atoms with van der Waals surface area (Å²) < 4.78 is 6.27. The fourth-order valence-corrected chi connectivity index (χ4v) is 2.94. The maximum Gasteiger partial charge on any atom is 0.0611 e. The Bertz CT molecular complexity index is 328. The van der Waals surface area contributed by atoms with E-state index >= 15 is 0 Å². The Balaban J connectivity index is 2.09. The molecule has 76 valence electrons. The molecule has 1 aromatic rings. The van der Waals surface area contributed by atoms with E-state index in [2.05, 4.69) is 34.1 Å². The standard InChI is InChI=1S/C10H12BrNOS/c11-9-3-7(4-12)1-2-10(9)14-8-5-13-6-8/h1-3,8H,4-6,12H2. The van der Waals surface area contributed by atoms with Crippen molar-refractivity contribution in [1.82, 2.24) is 0 Å². The monoisotopic (exact) mass is 273 g/mol. The summed E-state index contributed by atoms with van der Waals surface area (Å²) in [5, 5.41) is 0.620. The van der Waals surface area contributed by atoms with E-state index < -0.39 is 0 Å². The van der Waals surface area contributed by atoms with Gasteiger partial charge in [0.15, 0.2) is 0 Å². The van der Waals surface area contributed by atoms with Gasteiger partial charge in [-0.05, 0) is 33.6 Å². The summed E-state index contributed by atoms with van der Waals surface area (Å²) in [6.07, 6.45) is 0. The van der Waals surface area contributed by atoms with E-state index in [9.17, 15) is 0 Å². The van der Waals surface area contributed by atoms with Crippen molar-refractivity contribution in [3.8, 4) is 0 Å². The Hall–Kier alpha value is -0.0300. The van der Waals surface area contributed by atoms with Crippen molar-refractivity contribution in [2.75, 3.05) is 13.2 Å². The van der Waals surface area contributed by atoms with Crippen molar-refractivity contribution < 1.29 is 4.74 Å². The second-order valence-corrected chi connectivity index (χ2v) is 5.44. The van der Waals surface area contributed by atoms with Crippen LogP contribution in [0, 0.1) is 0 Å². The van der Waals surface area contributed by atoms with Crippen molar-refractivity contribution in [1.29, 1.82) is 0 Å². The van der Waals surface area contributed by atoms with Crippen LogP contribution in [0.5, 0.6) is 0 Å². The van der Waals surface area contributed by atoms with Crippen LogP contribution in [0.1, 0.15) is 5.56 Å². The molecule has 14 heavy (non-hydrogen) atoms. The van der Waals surface area contributed by atoms with Gasteiger partial charge in [-0.1, -0.05) is 6.07 Å². The lowest BCUT2D eigenvalue weighted by Crippen LogP contribution is -2.30. The molecule has 2 nitrogen and oxygen atoms in total.